The van der Waals surface area contributed by atoms with E-state index in [0.717, 1.165) is 12.0 Å². The van der Waals surface area contributed by atoms with Gasteiger partial charge in [0.25, 0.3) is 5.91 Å². The van der Waals surface area contributed by atoms with Gasteiger partial charge in [-0.05, 0) is 48.7 Å². The maximum Gasteiger partial charge on any atom is 0.254 e. The van der Waals surface area contributed by atoms with Gasteiger partial charge in [-0.25, -0.2) is 8.78 Å². The van der Waals surface area contributed by atoms with E-state index in [9.17, 15) is 18.4 Å². The molecule has 130 valence electrons. The van der Waals surface area contributed by atoms with E-state index in [1.807, 2.05) is 0 Å². The van der Waals surface area contributed by atoms with Crippen molar-refractivity contribution in [2.45, 2.75) is 25.4 Å². The molecule has 0 aromatic heterocycles. The summed E-state index contributed by atoms with van der Waals surface area (Å²) in [4.78, 5) is 26.5. The molecule has 0 aliphatic carbocycles. The van der Waals surface area contributed by atoms with Crippen molar-refractivity contribution in [1.82, 2.24) is 10.2 Å². The number of carbonyl (C=O) groups is 2. The summed E-state index contributed by atoms with van der Waals surface area (Å²) in [7, 11) is 0. The quantitative estimate of drug-likeness (QED) is 0.927. The molecule has 1 N–H and O–H groups in total. The van der Waals surface area contributed by atoms with Crippen molar-refractivity contribution in [3.63, 3.8) is 0 Å². The van der Waals surface area contributed by atoms with Gasteiger partial charge in [-0.1, -0.05) is 18.2 Å². The van der Waals surface area contributed by atoms with Crippen LogP contribution in [0.2, 0.25) is 0 Å². The number of nitrogens with one attached hydrogen (secondary N) is 1. The molecule has 1 aliphatic rings. The second-order valence-corrected chi connectivity index (χ2v) is 6.01. The third-order valence-electron chi connectivity index (χ3n) is 4.27. The van der Waals surface area contributed by atoms with Crippen LogP contribution in [0.4, 0.5) is 8.78 Å². The smallest absolute Gasteiger partial charge is 0.254 e. The van der Waals surface area contributed by atoms with Crippen molar-refractivity contribution in [3.8, 4) is 0 Å². The van der Waals surface area contributed by atoms with Crippen molar-refractivity contribution in [1.29, 1.82) is 0 Å². The molecule has 1 atom stereocenters. The first-order chi connectivity index (χ1) is 12.0. The minimum Gasteiger partial charge on any atom is -0.350 e. The van der Waals surface area contributed by atoms with E-state index in [1.54, 1.807) is 12.1 Å². The van der Waals surface area contributed by atoms with E-state index in [-0.39, 0.29) is 29.7 Å². The predicted molar refractivity (Wildman–Crippen MR) is 88.7 cm³/mol. The van der Waals surface area contributed by atoms with E-state index in [4.69, 9.17) is 0 Å². The van der Waals surface area contributed by atoms with Crippen LogP contribution >= 0.6 is 0 Å². The number of rotatable bonds is 4. The van der Waals surface area contributed by atoms with Gasteiger partial charge in [0.2, 0.25) is 5.91 Å². The third kappa shape index (κ3) is 4.02. The van der Waals surface area contributed by atoms with Crippen molar-refractivity contribution >= 4 is 11.8 Å². The number of benzene rings is 2. The maximum atomic E-state index is 13.3. The summed E-state index contributed by atoms with van der Waals surface area (Å²) in [6, 6.07) is 10.7. The third-order valence-corrected chi connectivity index (χ3v) is 4.27. The molecule has 25 heavy (non-hydrogen) atoms. The van der Waals surface area contributed by atoms with Gasteiger partial charge in [0.05, 0.1) is 0 Å². The number of carbonyl (C=O) groups excluding carboxylic acids is 2. The highest BCUT2D eigenvalue weighted by Crippen LogP contribution is 2.21. The summed E-state index contributed by atoms with van der Waals surface area (Å²) in [6.07, 6.45) is 1.28. The van der Waals surface area contributed by atoms with Crippen LogP contribution in [0.25, 0.3) is 0 Å². The van der Waals surface area contributed by atoms with Gasteiger partial charge in [-0.3, -0.25) is 9.59 Å². The Hall–Kier alpha value is -2.76. The molecule has 1 fully saturated rings. The minimum atomic E-state index is -0.573. The van der Waals surface area contributed by atoms with Crippen molar-refractivity contribution in [2.24, 2.45) is 0 Å². The van der Waals surface area contributed by atoms with Crippen LogP contribution in [0.1, 0.15) is 28.8 Å². The number of likely N-dealkylation sites (tertiary alicyclic amines) is 1. The Balaban J connectivity index is 1.65. The van der Waals surface area contributed by atoms with Crippen molar-refractivity contribution < 1.29 is 18.4 Å². The van der Waals surface area contributed by atoms with Crippen LogP contribution in [0, 0.1) is 11.6 Å². The molecule has 2 aromatic rings. The van der Waals surface area contributed by atoms with E-state index in [1.165, 1.54) is 41.3 Å². The van der Waals surface area contributed by atoms with Crippen LogP contribution in [-0.4, -0.2) is 29.3 Å². The molecule has 0 saturated carbocycles. The molecule has 3 rings (SSSR count). The summed E-state index contributed by atoms with van der Waals surface area (Å²) >= 11 is 0. The van der Waals surface area contributed by atoms with Crippen LogP contribution in [0.15, 0.2) is 48.5 Å². The number of hydrogen-bond acceptors (Lipinski definition) is 2. The van der Waals surface area contributed by atoms with Gasteiger partial charge in [0.1, 0.15) is 17.7 Å². The molecule has 2 aromatic carbocycles. The lowest BCUT2D eigenvalue weighted by molar-refractivity contribution is -0.125. The van der Waals surface area contributed by atoms with Crippen molar-refractivity contribution in [3.05, 3.63) is 71.3 Å². The summed E-state index contributed by atoms with van der Waals surface area (Å²) in [5.41, 5.74) is 1.01. The summed E-state index contributed by atoms with van der Waals surface area (Å²) < 4.78 is 26.2. The highest BCUT2D eigenvalue weighted by Gasteiger charge is 2.34. The maximum absolute atomic E-state index is 13.3. The van der Waals surface area contributed by atoms with E-state index in [0.29, 0.717) is 13.0 Å². The molecular formula is C19H18F2N2O2. The molecule has 6 heteroatoms. The van der Waals surface area contributed by atoms with Gasteiger partial charge < -0.3 is 10.2 Å². The van der Waals surface area contributed by atoms with Gasteiger partial charge in [-0.15, -0.1) is 0 Å². The predicted octanol–water partition coefficient (Wildman–Crippen LogP) is 2.89. The van der Waals surface area contributed by atoms with Crippen LogP contribution in [0.5, 0.6) is 0 Å². The second kappa shape index (κ2) is 7.42. The van der Waals surface area contributed by atoms with E-state index < -0.39 is 11.9 Å². The molecular weight excluding hydrogens is 326 g/mol. The minimum absolute atomic E-state index is 0.234. The standard InChI is InChI=1S/C19H18F2N2O2/c20-15-8-6-13(7-9-15)12-22-18(24)17-5-2-10-23(17)19(25)14-3-1-4-16(21)11-14/h1,3-4,6-9,11,17H,2,5,10,12H2,(H,22,24)/t17-/m1/s1. The molecule has 1 aliphatic heterocycles. The molecule has 0 spiro atoms. The zero-order chi connectivity index (χ0) is 17.8. The number of hydrogen-bond donors (Lipinski definition) is 1. The largest absolute Gasteiger partial charge is 0.350 e. The molecule has 0 unspecified atom stereocenters. The van der Waals surface area contributed by atoms with Crippen LogP contribution < -0.4 is 5.32 Å². The first-order valence-electron chi connectivity index (χ1n) is 8.13. The van der Waals surface area contributed by atoms with Gasteiger partial charge >= 0.3 is 0 Å². The highest BCUT2D eigenvalue weighted by molar-refractivity contribution is 5.97. The zero-order valence-corrected chi connectivity index (χ0v) is 13.5. The Kier molecular flexibility index (Phi) is 5.07. The summed E-state index contributed by atoms with van der Waals surface area (Å²) in [6.45, 7) is 0.724. The fraction of sp³-hybridized carbons (Fsp3) is 0.263. The van der Waals surface area contributed by atoms with Crippen molar-refractivity contribution in [2.75, 3.05) is 6.54 Å². The number of nitrogens with zero attached hydrogens (tertiary/aromatic N) is 1. The summed E-state index contributed by atoms with van der Waals surface area (Å²) in [5.74, 6) is -1.43. The normalized spacial score (nSPS) is 16.7. The summed E-state index contributed by atoms with van der Waals surface area (Å²) in [5, 5.41) is 2.78. The Morgan fingerprint density at radius 1 is 1.08 bits per heavy atom. The van der Waals surface area contributed by atoms with Crippen LogP contribution in [-0.2, 0) is 11.3 Å². The van der Waals surface area contributed by atoms with E-state index in [2.05, 4.69) is 5.32 Å². The van der Waals surface area contributed by atoms with Crippen LogP contribution in [0.3, 0.4) is 0 Å². The molecule has 1 heterocycles. The average Bonchev–Trinajstić information content (AvgIpc) is 3.10. The first kappa shape index (κ1) is 17.1. The topological polar surface area (TPSA) is 49.4 Å². The SMILES string of the molecule is O=C(NCc1ccc(F)cc1)[C@H]1CCCN1C(=O)c1cccc(F)c1. The molecule has 0 bridgehead atoms. The Morgan fingerprint density at radius 2 is 1.84 bits per heavy atom. The van der Waals surface area contributed by atoms with Gasteiger partial charge in [0.15, 0.2) is 0 Å². The zero-order valence-electron chi connectivity index (χ0n) is 13.5. The molecule has 4 nitrogen and oxygen atoms in total. The fourth-order valence-electron chi connectivity index (χ4n) is 2.98. The molecule has 1 saturated heterocycles. The van der Waals surface area contributed by atoms with E-state index >= 15 is 0 Å². The van der Waals surface area contributed by atoms with Gasteiger partial charge in [0, 0.05) is 18.7 Å². The average molecular weight is 344 g/mol. The molecule has 2 amide bonds. The lowest BCUT2D eigenvalue weighted by atomic mass is 10.1. The Labute approximate surface area is 144 Å². The monoisotopic (exact) mass is 344 g/mol. The highest BCUT2D eigenvalue weighted by atomic mass is 19.1. The molecule has 0 radical (unpaired) electrons. The fourth-order valence-corrected chi connectivity index (χ4v) is 2.98. The second-order valence-electron chi connectivity index (χ2n) is 6.01. The number of halogens is 2. The lowest BCUT2D eigenvalue weighted by Crippen LogP contribution is -2.45. The Morgan fingerprint density at radius 3 is 2.56 bits per heavy atom. The van der Waals surface area contributed by atoms with Gasteiger partial charge in [-0.2, -0.15) is 0 Å². The lowest BCUT2D eigenvalue weighted by Gasteiger charge is -2.24. The Bertz CT molecular complexity index is 777. The number of amides is 2. The first-order valence-corrected chi connectivity index (χ1v) is 8.13.